The van der Waals surface area contributed by atoms with E-state index in [9.17, 15) is 0 Å². The van der Waals surface area contributed by atoms with Crippen LogP contribution in [0.2, 0.25) is 0 Å². The summed E-state index contributed by atoms with van der Waals surface area (Å²) in [5.74, 6) is 0. The van der Waals surface area contributed by atoms with Gasteiger partial charge in [-0.15, -0.1) is 0 Å². The molecule has 0 amide bonds. The summed E-state index contributed by atoms with van der Waals surface area (Å²) in [4.78, 5) is 2.42. The highest BCUT2D eigenvalue weighted by Crippen LogP contribution is 2.43. The topological polar surface area (TPSA) is 3.24 Å². The molecule has 0 unspecified atom stereocenters. The Morgan fingerprint density at radius 2 is 0.784 bits per heavy atom. The normalized spacial score (nSPS) is 11.5. The van der Waals surface area contributed by atoms with Gasteiger partial charge in [0.25, 0.3) is 0 Å². The molecular weight excluding hydrogens is 615 g/mol. The fourth-order valence-electron chi connectivity index (χ4n) is 7.83. The maximum atomic E-state index is 2.42. The second-order valence-electron chi connectivity index (χ2n) is 13.4. The molecule has 0 aliphatic carbocycles. The van der Waals surface area contributed by atoms with E-state index in [1.54, 1.807) is 0 Å². The lowest BCUT2D eigenvalue weighted by atomic mass is 9.93. The van der Waals surface area contributed by atoms with Gasteiger partial charge >= 0.3 is 0 Å². The van der Waals surface area contributed by atoms with Crippen molar-refractivity contribution in [3.63, 3.8) is 0 Å². The molecule has 51 heavy (non-hydrogen) atoms. The summed E-state index contributed by atoms with van der Waals surface area (Å²) >= 11 is 0. The van der Waals surface area contributed by atoms with E-state index in [0.717, 1.165) is 17.1 Å². The zero-order valence-corrected chi connectivity index (χ0v) is 28.0. The van der Waals surface area contributed by atoms with Gasteiger partial charge in [-0.05, 0) is 113 Å². The molecule has 10 aromatic carbocycles. The van der Waals surface area contributed by atoms with Gasteiger partial charge in [0.1, 0.15) is 0 Å². The van der Waals surface area contributed by atoms with Gasteiger partial charge in [0.2, 0.25) is 0 Å². The maximum Gasteiger partial charge on any atom is 0.0546 e. The first-order chi connectivity index (χ1) is 25.3. The van der Waals surface area contributed by atoms with Gasteiger partial charge in [-0.25, -0.2) is 0 Å². The van der Waals surface area contributed by atoms with Crippen molar-refractivity contribution in [2.24, 2.45) is 0 Å². The molecule has 1 nitrogen and oxygen atoms in total. The smallest absolute Gasteiger partial charge is 0.0546 e. The predicted molar refractivity (Wildman–Crippen MR) is 220 cm³/mol. The van der Waals surface area contributed by atoms with Crippen molar-refractivity contribution in [3.8, 4) is 22.3 Å². The van der Waals surface area contributed by atoms with Crippen LogP contribution in [-0.4, -0.2) is 0 Å². The van der Waals surface area contributed by atoms with Crippen LogP contribution < -0.4 is 4.90 Å². The van der Waals surface area contributed by atoms with Crippen molar-refractivity contribution in [2.45, 2.75) is 0 Å². The van der Waals surface area contributed by atoms with Crippen molar-refractivity contribution in [3.05, 3.63) is 200 Å². The molecule has 1 heteroatoms. The first-order valence-electron chi connectivity index (χ1n) is 17.6. The first-order valence-corrected chi connectivity index (χ1v) is 17.6. The minimum absolute atomic E-state index is 1.11. The minimum Gasteiger partial charge on any atom is -0.310 e. The Hall–Kier alpha value is -6.70. The van der Waals surface area contributed by atoms with E-state index >= 15 is 0 Å². The zero-order valence-electron chi connectivity index (χ0n) is 28.0. The van der Waals surface area contributed by atoms with Gasteiger partial charge in [-0.2, -0.15) is 0 Å². The first kappa shape index (κ1) is 29.2. The van der Waals surface area contributed by atoms with Crippen LogP contribution in [0.4, 0.5) is 17.1 Å². The van der Waals surface area contributed by atoms with Crippen LogP contribution in [0.3, 0.4) is 0 Å². The molecule has 10 aromatic rings. The lowest BCUT2D eigenvalue weighted by Gasteiger charge is -2.28. The third-order valence-electron chi connectivity index (χ3n) is 10.4. The van der Waals surface area contributed by atoms with Crippen LogP contribution in [0.15, 0.2) is 200 Å². The molecule has 0 bridgehead atoms. The van der Waals surface area contributed by atoms with Crippen molar-refractivity contribution in [1.82, 2.24) is 0 Å². The summed E-state index contributed by atoms with van der Waals surface area (Å²) in [5, 5.41) is 12.5. The maximum absolute atomic E-state index is 2.42. The van der Waals surface area contributed by atoms with E-state index in [1.807, 2.05) is 0 Å². The lowest BCUT2D eigenvalue weighted by molar-refractivity contribution is 1.30. The number of hydrogen-bond donors (Lipinski definition) is 0. The average Bonchev–Trinajstić information content (AvgIpc) is 3.21. The number of rotatable bonds is 5. The van der Waals surface area contributed by atoms with Crippen molar-refractivity contribution >= 4 is 70.9 Å². The van der Waals surface area contributed by atoms with Crippen LogP contribution in [-0.2, 0) is 0 Å². The highest BCUT2D eigenvalue weighted by atomic mass is 15.1. The molecule has 0 aromatic heterocycles. The SMILES string of the molecule is c1ccc(-c2ccc(N(c3ccc4ccccc4c3)c3cc(-c4ccc5c(ccc6ccc7ccccc7c65)c4)cc4ccccc34)cc2)cc1. The molecular formula is C50H33N. The zero-order chi connectivity index (χ0) is 33.7. The predicted octanol–water partition coefficient (Wildman–Crippen LogP) is 14.3. The highest BCUT2D eigenvalue weighted by molar-refractivity contribution is 6.20. The quantitative estimate of drug-likeness (QED) is 0.168. The summed E-state index contributed by atoms with van der Waals surface area (Å²) in [6, 6.07) is 73.2. The van der Waals surface area contributed by atoms with E-state index in [4.69, 9.17) is 0 Å². The number of nitrogens with zero attached hydrogens (tertiary/aromatic N) is 1. The largest absolute Gasteiger partial charge is 0.310 e. The summed E-state index contributed by atoms with van der Waals surface area (Å²) in [6.45, 7) is 0. The second-order valence-corrected chi connectivity index (χ2v) is 13.4. The van der Waals surface area contributed by atoms with E-state index in [0.29, 0.717) is 0 Å². The van der Waals surface area contributed by atoms with Gasteiger partial charge in [0, 0.05) is 16.8 Å². The Bertz CT molecular complexity index is 2900. The minimum atomic E-state index is 1.11. The third kappa shape index (κ3) is 5.10. The average molecular weight is 648 g/mol. The molecule has 0 heterocycles. The molecule has 0 fully saturated rings. The van der Waals surface area contributed by atoms with E-state index in [1.165, 1.54) is 76.1 Å². The fraction of sp³-hybridized carbons (Fsp3) is 0. The molecule has 0 aliphatic rings. The van der Waals surface area contributed by atoms with Crippen LogP contribution in [0.25, 0.3) is 76.1 Å². The molecule has 10 rings (SSSR count). The molecule has 0 spiro atoms. The van der Waals surface area contributed by atoms with E-state index in [-0.39, 0.29) is 0 Å². The Morgan fingerprint density at radius 1 is 0.255 bits per heavy atom. The standard InChI is InChI=1S/C50H33N/c1-2-10-34(11-3-1)36-22-26-44(27-23-36)51(45-28-24-35-12-4-5-14-39(35)32-45)49-33-43(31-41-15-7-8-16-46(41)49)40-25-29-48-42(30-40)21-20-38-19-18-37-13-6-9-17-47(37)50(38)48/h1-33H. The summed E-state index contributed by atoms with van der Waals surface area (Å²) < 4.78 is 0. The van der Waals surface area contributed by atoms with Crippen LogP contribution in [0.5, 0.6) is 0 Å². The van der Waals surface area contributed by atoms with E-state index < -0.39 is 0 Å². The Morgan fingerprint density at radius 3 is 1.61 bits per heavy atom. The molecule has 0 saturated heterocycles. The van der Waals surface area contributed by atoms with E-state index in [2.05, 4.69) is 205 Å². The number of hydrogen-bond acceptors (Lipinski definition) is 1. The number of fused-ring (bicyclic) bond motifs is 7. The van der Waals surface area contributed by atoms with Crippen LogP contribution in [0.1, 0.15) is 0 Å². The Balaban J connectivity index is 1.18. The molecule has 0 radical (unpaired) electrons. The number of benzene rings is 10. The van der Waals surface area contributed by atoms with Crippen molar-refractivity contribution in [2.75, 3.05) is 4.90 Å². The molecule has 0 N–H and O–H groups in total. The third-order valence-corrected chi connectivity index (χ3v) is 10.4. The Labute approximate surface area is 297 Å². The summed E-state index contributed by atoms with van der Waals surface area (Å²) in [6.07, 6.45) is 0. The lowest BCUT2D eigenvalue weighted by Crippen LogP contribution is -2.10. The van der Waals surface area contributed by atoms with Crippen molar-refractivity contribution < 1.29 is 0 Å². The van der Waals surface area contributed by atoms with Gasteiger partial charge in [-0.1, -0.05) is 158 Å². The molecule has 0 atom stereocenters. The van der Waals surface area contributed by atoms with Gasteiger partial charge in [0.05, 0.1) is 5.69 Å². The van der Waals surface area contributed by atoms with Gasteiger partial charge in [0.15, 0.2) is 0 Å². The molecule has 238 valence electrons. The van der Waals surface area contributed by atoms with Gasteiger partial charge in [-0.3, -0.25) is 0 Å². The highest BCUT2D eigenvalue weighted by Gasteiger charge is 2.18. The molecule has 0 saturated carbocycles. The fourth-order valence-corrected chi connectivity index (χ4v) is 7.83. The van der Waals surface area contributed by atoms with Crippen LogP contribution in [0, 0.1) is 0 Å². The molecule has 0 aliphatic heterocycles. The van der Waals surface area contributed by atoms with Crippen molar-refractivity contribution in [1.29, 1.82) is 0 Å². The van der Waals surface area contributed by atoms with Crippen LogP contribution >= 0.6 is 0 Å². The van der Waals surface area contributed by atoms with Gasteiger partial charge < -0.3 is 4.90 Å². The second kappa shape index (κ2) is 12.0. The Kier molecular flexibility index (Phi) is 6.89. The monoisotopic (exact) mass is 647 g/mol. The summed E-state index contributed by atoms with van der Waals surface area (Å²) in [7, 11) is 0. The number of anilines is 3. The summed E-state index contributed by atoms with van der Waals surface area (Å²) in [5.41, 5.74) is 8.20.